The Morgan fingerprint density at radius 2 is 1.63 bits per heavy atom. The zero-order valence-corrected chi connectivity index (χ0v) is 20.0. The summed E-state index contributed by atoms with van der Waals surface area (Å²) in [5, 5.41) is 3.17. The zero-order valence-electron chi connectivity index (χ0n) is 20.0. The van der Waals surface area contributed by atoms with Gasteiger partial charge in [-0.3, -0.25) is 0 Å². The van der Waals surface area contributed by atoms with Gasteiger partial charge in [0.2, 0.25) is 0 Å². The van der Waals surface area contributed by atoms with Crippen molar-refractivity contribution in [3.63, 3.8) is 0 Å². The number of hydrogen-bond donors (Lipinski definition) is 1. The summed E-state index contributed by atoms with van der Waals surface area (Å²) in [6.45, 7) is 16.1. The maximum atomic E-state index is 12.4. The van der Waals surface area contributed by atoms with E-state index in [9.17, 15) is 9.59 Å². The molecule has 3 fully saturated rings. The number of allylic oxidation sites excluding steroid dienone is 1. The smallest absolute Gasteiger partial charge is 0.407 e. The van der Waals surface area contributed by atoms with E-state index < -0.39 is 11.2 Å². The number of carbonyl (C=O) groups excluding carboxylic acids is 2. The third-order valence-electron chi connectivity index (χ3n) is 6.22. The van der Waals surface area contributed by atoms with Crippen LogP contribution in [0, 0.1) is 23.2 Å². The van der Waals surface area contributed by atoms with E-state index in [4.69, 9.17) is 14.2 Å². The first kappa shape index (κ1) is 24.7. The molecule has 3 saturated carbocycles. The minimum atomic E-state index is -0.503. The van der Waals surface area contributed by atoms with Crippen LogP contribution >= 0.6 is 0 Å². The molecule has 0 heterocycles. The highest BCUT2D eigenvalue weighted by Gasteiger charge is 2.57. The molecular weight excluding hydrogens is 382 g/mol. The van der Waals surface area contributed by atoms with Crippen LogP contribution in [0.3, 0.4) is 0 Å². The maximum Gasteiger partial charge on any atom is 0.407 e. The first-order valence-electron chi connectivity index (χ1n) is 11.1. The molecule has 4 atom stereocenters. The van der Waals surface area contributed by atoms with Gasteiger partial charge in [-0.05, 0) is 84.0 Å². The van der Waals surface area contributed by atoms with Crippen molar-refractivity contribution in [2.45, 2.75) is 91.9 Å². The first-order valence-corrected chi connectivity index (χ1v) is 11.1. The van der Waals surface area contributed by atoms with Crippen LogP contribution in [-0.2, 0) is 19.0 Å². The molecule has 6 nitrogen and oxygen atoms in total. The largest absolute Gasteiger partial charge is 0.458 e. The monoisotopic (exact) mass is 423 g/mol. The van der Waals surface area contributed by atoms with Crippen LogP contribution < -0.4 is 5.32 Å². The lowest BCUT2D eigenvalue weighted by Gasteiger charge is -2.62. The van der Waals surface area contributed by atoms with E-state index in [2.05, 4.69) is 25.2 Å². The number of carbonyl (C=O) groups is 2. The average molecular weight is 424 g/mol. The van der Waals surface area contributed by atoms with Gasteiger partial charge in [0.25, 0.3) is 0 Å². The standard InChI is InChI=1S/C24H41NO5/c1-22(2,3)29-19(26)15-28-12-10-9-11-16-13-17-14-18(24(17,7)8)20(16)25-21(27)30-23(4,5)6/h9-10,16-18,20H,11-15H2,1-8H3,(H,25,27)/b10-9-/t16-,17-,18-,20+/m0/s1. The van der Waals surface area contributed by atoms with E-state index >= 15 is 0 Å². The van der Waals surface area contributed by atoms with Gasteiger partial charge in [-0.2, -0.15) is 0 Å². The van der Waals surface area contributed by atoms with E-state index in [1.165, 1.54) is 6.42 Å². The van der Waals surface area contributed by atoms with Crippen LogP contribution in [0.5, 0.6) is 0 Å². The lowest BCUT2D eigenvalue weighted by atomic mass is 9.44. The van der Waals surface area contributed by atoms with Gasteiger partial charge < -0.3 is 19.5 Å². The fourth-order valence-electron chi connectivity index (χ4n) is 4.73. The van der Waals surface area contributed by atoms with Gasteiger partial charge in [0.05, 0.1) is 6.61 Å². The third kappa shape index (κ3) is 7.00. The Balaban J connectivity index is 1.83. The molecule has 0 aliphatic heterocycles. The number of nitrogens with one attached hydrogen (secondary N) is 1. The van der Waals surface area contributed by atoms with Crippen molar-refractivity contribution in [2.75, 3.05) is 13.2 Å². The summed E-state index contributed by atoms with van der Waals surface area (Å²) in [5.41, 5.74) is -0.740. The van der Waals surface area contributed by atoms with E-state index in [0.29, 0.717) is 24.4 Å². The molecule has 2 bridgehead atoms. The van der Waals surface area contributed by atoms with Crippen molar-refractivity contribution < 1.29 is 23.8 Å². The molecule has 0 radical (unpaired) electrons. The molecule has 0 aromatic heterocycles. The van der Waals surface area contributed by atoms with Crippen LogP contribution in [0.1, 0.15) is 74.7 Å². The molecule has 0 aromatic rings. The van der Waals surface area contributed by atoms with E-state index in [0.717, 1.165) is 12.8 Å². The van der Waals surface area contributed by atoms with Gasteiger partial charge in [-0.25, -0.2) is 9.59 Å². The van der Waals surface area contributed by atoms with Crippen molar-refractivity contribution in [1.29, 1.82) is 0 Å². The fourth-order valence-corrected chi connectivity index (χ4v) is 4.73. The van der Waals surface area contributed by atoms with Gasteiger partial charge in [-0.15, -0.1) is 0 Å². The lowest BCUT2D eigenvalue weighted by Crippen LogP contribution is -2.63. The van der Waals surface area contributed by atoms with Gasteiger partial charge >= 0.3 is 12.1 Å². The topological polar surface area (TPSA) is 73.9 Å². The summed E-state index contributed by atoms with van der Waals surface area (Å²) in [6.07, 6.45) is 6.86. The Labute approximate surface area is 182 Å². The minimum absolute atomic E-state index is 0.0494. The van der Waals surface area contributed by atoms with Crippen molar-refractivity contribution in [2.24, 2.45) is 23.2 Å². The summed E-state index contributed by atoms with van der Waals surface area (Å²) in [5.74, 6) is 1.22. The number of fused-ring (bicyclic) bond motifs is 2. The fraction of sp³-hybridized carbons (Fsp3) is 0.833. The van der Waals surface area contributed by atoms with Crippen LogP contribution in [0.15, 0.2) is 12.2 Å². The number of rotatable bonds is 7. The highest BCUT2D eigenvalue weighted by molar-refractivity contribution is 5.71. The van der Waals surface area contributed by atoms with Gasteiger partial charge in [0.15, 0.2) is 0 Å². The van der Waals surface area contributed by atoms with Gasteiger partial charge in [0, 0.05) is 6.04 Å². The van der Waals surface area contributed by atoms with E-state index in [-0.39, 0.29) is 30.1 Å². The highest BCUT2D eigenvalue weighted by Crippen LogP contribution is 2.61. The third-order valence-corrected chi connectivity index (χ3v) is 6.22. The van der Waals surface area contributed by atoms with E-state index in [1.807, 2.05) is 47.6 Å². The average Bonchev–Trinajstić information content (AvgIpc) is 2.55. The van der Waals surface area contributed by atoms with Crippen LogP contribution in [0.4, 0.5) is 4.79 Å². The molecule has 0 unspecified atom stereocenters. The quantitative estimate of drug-likeness (QED) is 0.359. The molecule has 0 saturated heterocycles. The normalized spacial score (nSPS) is 28.0. The molecule has 6 heteroatoms. The molecular formula is C24H41NO5. The summed E-state index contributed by atoms with van der Waals surface area (Å²) >= 11 is 0. The Morgan fingerprint density at radius 3 is 2.20 bits per heavy atom. The predicted octanol–water partition coefficient (Wildman–Crippen LogP) is 4.87. The van der Waals surface area contributed by atoms with Crippen molar-refractivity contribution in [3.05, 3.63) is 12.2 Å². The Bertz CT molecular complexity index is 641. The van der Waals surface area contributed by atoms with Crippen molar-refractivity contribution >= 4 is 12.1 Å². The Morgan fingerprint density at radius 1 is 1.00 bits per heavy atom. The summed E-state index contributed by atoms with van der Waals surface area (Å²) in [4.78, 5) is 24.1. The molecule has 30 heavy (non-hydrogen) atoms. The summed E-state index contributed by atoms with van der Waals surface area (Å²) < 4.78 is 16.1. The molecule has 0 aromatic carbocycles. The summed E-state index contributed by atoms with van der Waals surface area (Å²) in [6, 6.07) is 0.118. The number of ether oxygens (including phenoxy) is 3. The van der Waals surface area contributed by atoms with Crippen molar-refractivity contribution in [3.8, 4) is 0 Å². The van der Waals surface area contributed by atoms with Crippen LogP contribution in [0.2, 0.25) is 0 Å². The predicted molar refractivity (Wildman–Crippen MR) is 117 cm³/mol. The molecule has 0 spiro atoms. The molecule has 1 N–H and O–H groups in total. The second-order valence-electron chi connectivity index (χ2n) is 11.3. The number of esters is 1. The van der Waals surface area contributed by atoms with E-state index in [1.54, 1.807) is 0 Å². The van der Waals surface area contributed by atoms with Crippen LogP contribution in [-0.4, -0.2) is 42.5 Å². The Kier molecular flexibility index (Phi) is 7.65. The molecule has 3 rings (SSSR count). The summed E-state index contributed by atoms with van der Waals surface area (Å²) in [7, 11) is 0. The maximum absolute atomic E-state index is 12.4. The van der Waals surface area contributed by atoms with Gasteiger partial charge in [0.1, 0.15) is 17.8 Å². The lowest BCUT2D eigenvalue weighted by molar-refractivity contribution is -0.159. The Hall–Kier alpha value is -1.56. The second-order valence-corrected chi connectivity index (χ2v) is 11.3. The number of amides is 1. The molecule has 1 amide bonds. The van der Waals surface area contributed by atoms with Gasteiger partial charge in [-0.1, -0.05) is 26.0 Å². The first-order chi connectivity index (χ1) is 13.7. The highest BCUT2D eigenvalue weighted by atomic mass is 16.6. The number of alkyl carbamates (subject to hydrolysis) is 1. The van der Waals surface area contributed by atoms with Crippen molar-refractivity contribution in [1.82, 2.24) is 5.32 Å². The minimum Gasteiger partial charge on any atom is -0.458 e. The zero-order chi connectivity index (χ0) is 22.7. The molecule has 172 valence electrons. The SMILES string of the molecule is CC(C)(C)OC(=O)COC/C=C\C[C@H]1C[C@H]2C[C@@H]([C@@H]1NC(=O)OC(C)(C)C)C2(C)C. The molecule has 3 aliphatic rings. The second kappa shape index (κ2) is 9.29. The molecule has 3 aliphatic carbocycles. The number of hydrogen-bond acceptors (Lipinski definition) is 5. The van der Waals surface area contributed by atoms with Crippen LogP contribution in [0.25, 0.3) is 0 Å².